The highest BCUT2D eigenvalue weighted by Gasteiger charge is 2.36. The van der Waals surface area contributed by atoms with Crippen LogP contribution < -0.4 is 24.3 Å². The van der Waals surface area contributed by atoms with Crippen LogP contribution in [0.2, 0.25) is 0 Å². The van der Waals surface area contributed by atoms with Crippen molar-refractivity contribution in [2.75, 3.05) is 25.8 Å². The maximum absolute atomic E-state index is 13.4. The molecule has 5 rings (SSSR count). The molecule has 0 bridgehead atoms. The predicted molar refractivity (Wildman–Crippen MR) is 145 cm³/mol. The van der Waals surface area contributed by atoms with Crippen LogP contribution in [-0.2, 0) is 16.1 Å². The molecule has 10 heteroatoms. The molecular weight excluding hydrogens is 506 g/mol. The van der Waals surface area contributed by atoms with Gasteiger partial charge in [-0.15, -0.1) is 0 Å². The van der Waals surface area contributed by atoms with Crippen molar-refractivity contribution in [1.82, 2.24) is 4.90 Å². The van der Waals surface area contributed by atoms with E-state index in [0.717, 1.165) is 5.56 Å². The average Bonchev–Trinajstić information content (AvgIpc) is 3.39. The van der Waals surface area contributed by atoms with Crippen LogP contribution in [0.1, 0.15) is 18.9 Å². The van der Waals surface area contributed by atoms with Gasteiger partial charge in [0.15, 0.2) is 16.7 Å². The number of thioether (sulfide) groups is 1. The molecule has 0 unspecified atom stereocenters. The lowest BCUT2D eigenvalue weighted by Crippen LogP contribution is -2.44. The van der Waals surface area contributed by atoms with Crippen molar-refractivity contribution in [3.63, 3.8) is 0 Å². The maximum Gasteiger partial charge on any atom is 0.238 e. The Morgan fingerprint density at radius 3 is 2.68 bits per heavy atom. The van der Waals surface area contributed by atoms with E-state index in [-0.39, 0.29) is 31.6 Å². The standard InChI is InChI=1S/C28H27N3O6S/c1-3-35-22-6-4-5-20(14-22)29-27(33)25-15-26(32)31(16-18-7-12-23-24(13-18)37-17-36-23)28(38-25)30-19-8-10-21(34-2)11-9-19/h4-14,25H,3,15-17H2,1-2H3,(H,29,33)/t25-/m1/s1. The lowest BCUT2D eigenvalue weighted by Gasteiger charge is -2.32. The molecule has 0 saturated carbocycles. The minimum absolute atomic E-state index is 0.0356. The second-order valence-electron chi connectivity index (χ2n) is 8.52. The second kappa shape index (κ2) is 11.5. The highest BCUT2D eigenvalue weighted by Crippen LogP contribution is 2.35. The minimum Gasteiger partial charge on any atom is -0.497 e. The first-order valence-corrected chi connectivity index (χ1v) is 13.0. The molecule has 38 heavy (non-hydrogen) atoms. The van der Waals surface area contributed by atoms with Crippen LogP contribution in [0.3, 0.4) is 0 Å². The van der Waals surface area contributed by atoms with Gasteiger partial charge < -0.3 is 24.3 Å². The first-order chi connectivity index (χ1) is 18.5. The predicted octanol–water partition coefficient (Wildman–Crippen LogP) is 4.98. The number of aliphatic imine (C=N–C) groups is 1. The monoisotopic (exact) mass is 533 g/mol. The zero-order valence-electron chi connectivity index (χ0n) is 21.0. The molecule has 2 aliphatic rings. The van der Waals surface area contributed by atoms with E-state index >= 15 is 0 Å². The van der Waals surface area contributed by atoms with Crippen molar-refractivity contribution >= 4 is 40.1 Å². The quantitative estimate of drug-likeness (QED) is 0.436. The number of fused-ring (bicyclic) bond motifs is 1. The molecule has 3 aromatic rings. The smallest absolute Gasteiger partial charge is 0.238 e. The summed E-state index contributed by atoms with van der Waals surface area (Å²) < 4.78 is 21.7. The molecule has 3 aromatic carbocycles. The van der Waals surface area contributed by atoms with Gasteiger partial charge in [-0.25, -0.2) is 4.99 Å². The first-order valence-electron chi connectivity index (χ1n) is 12.1. The van der Waals surface area contributed by atoms with Crippen LogP contribution in [0.4, 0.5) is 11.4 Å². The molecule has 9 nitrogen and oxygen atoms in total. The summed E-state index contributed by atoms with van der Waals surface area (Å²) in [5, 5.41) is 2.70. The van der Waals surface area contributed by atoms with Gasteiger partial charge in [-0.05, 0) is 61.0 Å². The number of carbonyl (C=O) groups is 2. The molecule has 2 heterocycles. The van der Waals surface area contributed by atoms with Gasteiger partial charge in [-0.3, -0.25) is 14.5 Å². The third-order valence-electron chi connectivity index (χ3n) is 5.92. The number of carbonyl (C=O) groups excluding carboxylic acids is 2. The molecule has 0 spiro atoms. The van der Waals surface area contributed by atoms with Gasteiger partial charge in [0.05, 0.1) is 25.9 Å². The van der Waals surface area contributed by atoms with Gasteiger partial charge in [0.2, 0.25) is 18.6 Å². The van der Waals surface area contributed by atoms with E-state index < -0.39 is 5.25 Å². The van der Waals surface area contributed by atoms with Crippen molar-refractivity contribution in [2.24, 2.45) is 4.99 Å². The Kier molecular flexibility index (Phi) is 7.69. The van der Waals surface area contributed by atoms with E-state index in [1.807, 2.05) is 37.3 Å². The normalized spacial score (nSPS) is 17.4. The second-order valence-corrected chi connectivity index (χ2v) is 9.69. The summed E-state index contributed by atoms with van der Waals surface area (Å²) in [7, 11) is 1.59. The Morgan fingerprint density at radius 2 is 1.89 bits per heavy atom. The number of amidine groups is 1. The summed E-state index contributed by atoms with van der Waals surface area (Å²) in [4.78, 5) is 33.0. The van der Waals surface area contributed by atoms with Gasteiger partial charge >= 0.3 is 0 Å². The lowest BCUT2D eigenvalue weighted by molar-refractivity contribution is -0.129. The zero-order valence-corrected chi connectivity index (χ0v) is 21.8. The highest BCUT2D eigenvalue weighted by molar-refractivity contribution is 8.15. The van der Waals surface area contributed by atoms with Crippen LogP contribution in [0, 0.1) is 0 Å². The summed E-state index contributed by atoms with van der Waals surface area (Å²) in [5.41, 5.74) is 2.11. The number of rotatable bonds is 8. The molecule has 1 fully saturated rings. The van der Waals surface area contributed by atoms with E-state index in [1.54, 1.807) is 48.4 Å². The largest absolute Gasteiger partial charge is 0.497 e. The fourth-order valence-electron chi connectivity index (χ4n) is 4.04. The first kappa shape index (κ1) is 25.5. The molecule has 196 valence electrons. The zero-order chi connectivity index (χ0) is 26.5. The molecule has 0 aromatic heterocycles. The number of amides is 2. The van der Waals surface area contributed by atoms with Gasteiger partial charge in [-0.2, -0.15) is 0 Å². The van der Waals surface area contributed by atoms with E-state index in [0.29, 0.717) is 46.1 Å². The summed E-state index contributed by atoms with van der Waals surface area (Å²) in [5.74, 6) is 2.20. The molecular formula is C28H27N3O6S. The third-order valence-corrected chi connectivity index (χ3v) is 7.11. The van der Waals surface area contributed by atoms with E-state index in [2.05, 4.69) is 5.32 Å². The molecule has 0 aliphatic carbocycles. The fraction of sp³-hybridized carbons (Fsp3) is 0.250. The lowest BCUT2D eigenvalue weighted by atomic mass is 10.1. The van der Waals surface area contributed by atoms with Gasteiger partial charge in [0.25, 0.3) is 0 Å². The van der Waals surface area contributed by atoms with Gasteiger partial charge in [0, 0.05) is 18.2 Å². The van der Waals surface area contributed by atoms with Gasteiger partial charge in [0.1, 0.15) is 16.7 Å². The Morgan fingerprint density at radius 1 is 1.08 bits per heavy atom. The number of nitrogens with zero attached hydrogens (tertiary/aromatic N) is 2. The molecule has 1 saturated heterocycles. The molecule has 1 N–H and O–H groups in total. The number of methoxy groups -OCH3 is 1. The SMILES string of the molecule is CCOc1cccc(NC(=O)[C@H]2CC(=O)N(Cc3ccc4c(c3)OCO4)C(=Nc3ccc(OC)cc3)S2)c1. The van der Waals surface area contributed by atoms with Crippen molar-refractivity contribution in [1.29, 1.82) is 0 Å². The Hall–Kier alpha value is -4.18. The molecule has 1 atom stereocenters. The van der Waals surface area contributed by atoms with E-state index in [9.17, 15) is 9.59 Å². The Balaban J connectivity index is 1.39. The molecule has 2 aliphatic heterocycles. The Labute approximate surface area is 224 Å². The van der Waals surface area contributed by atoms with Crippen LogP contribution in [0.5, 0.6) is 23.0 Å². The van der Waals surface area contributed by atoms with Crippen molar-refractivity contribution in [3.8, 4) is 23.0 Å². The number of hydrogen-bond donors (Lipinski definition) is 1. The Bertz CT molecular complexity index is 1360. The average molecular weight is 534 g/mol. The number of anilines is 1. The summed E-state index contributed by atoms with van der Waals surface area (Å²) in [6, 6.07) is 20.0. The molecule has 0 radical (unpaired) electrons. The van der Waals surface area contributed by atoms with Crippen molar-refractivity contribution in [3.05, 3.63) is 72.3 Å². The number of benzene rings is 3. The van der Waals surface area contributed by atoms with E-state index in [4.69, 9.17) is 23.9 Å². The summed E-state index contributed by atoms with van der Waals surface area (Å²) >= 11 is 1.26. The van der Waals surface area contributed by atoms with Crippen LogP contribution in [0.25, 0.3) is 0 Å². The van der Waals surface area contributed by atoms with Crippen LogP contribution in [-0.4, -0.2) is 47.6 Å². The minimum atomic E-state index is -0.650. The molecule has 2 amide bonds. The number of hydrogen-bond acceptors (Lipinski definition) is 8. The van der Waals surface area contributed by atoms with Gasteiger partial charge in [-0.1, -0.05) is 23.9 Å². The maximum atomic E-state index is 13.4. The van der Waals surface area contributed by atoms with Crippen molar-refractivity contribution in [2.45, 2.75) is 25.1 Å². The van der Waals surface area contributed by atoms with E-state index in [1.165, 1.54) is 11.8 Å². The number of ether oxygens (including phenoxy) is 4. The highest BCUT2D eigenvalue weighted by atomic mass is 32.2. The van der Waals surface area contributed by atoms with Crippen molar-refractivity contribution < 1.29 is 28.5 Å². The summed E-state index contributed by atoms with van der Waals surface area (Å²) in [6.07, 6.45) is 0.0356. The fourth-order valence-corrected chi connectivity index (χ4v) is 5.14. The van der Waals surface area contributed by atoms with Crippen LogP contribution >= 0.6 is 11.8 Å². The third kappa shape index (κ3) is 5.86. The summed E-state index contributed by atoms with van der Waals surface area (Å²) in [6.45, 7) is 2.87. The van der Waals surface area contributed by atoms with Crippen LogP contribution in [0.15, 0.2) is 71.7 Å². The topological polar surface area (TPSA) is 98.7 Å². The number of nitrogens with one attached hydrogen (secondary N) is 1.